The lowest BCUT2D eigenvalue weighted by Crippen LogP contribution is -2.06. The molecule has 0 aromatic rings. The van der Waals surface area contributed by atoms with Crippen molar-refractivity contribution in [1.82, 2.24) is 0 Å². The molecule has 1 atom stereocenters. The summed E-state index contributed by atoms with van der Waals surface area (Å²) < 4.78 is 5.07. The van der Waals surface area contributed by atoms with Crippen molar-refractivity contribution in [2.75, 3.05) is 7.11 Å². The van der Waals surface area contributed by atoms with Gasteiger partial charge in [0.1, 0.15) is 0 Å². The largest absolute Gasteiger partial charge is 0.377 e. The summed E-state index contributed by atoms with van der Waals surface area (Å²) >= 11 is 0. The summed E-state index contributed by atoms with van der Waals surface area (Å²) in [4.78, 5) is 0. The molecule has 0 amide bonds. The molecule has 0 rings (SSSR count). The van der Waals surface area contributed by atoms with Crippen LogP contribution in [0.15, 0.2) is 37.0 Å². The second-order valence-electron chi connectivity index (χ2n) is 1.98. The van der Waals surface area contributed by atoms with Crippen molar-refractivity contribution in [1.29, 1.82) is 0 Å². The van der Waals surface area contributed by atoms with Crippen LogP contribution in [0.2, 0.25) is 0 Å². The minimum atomic E-state index is 0.107. The molecule has 0 heterocycles. The topological polar surface area (TPSA) is 9.23 Å². The molecule has 0 aliphatic heterocycles. The summed E-state index contributed by atoms with van der Waals surface area (Å²) in [5.74, 6) is 0. The maximum atomic E-state index is 5.07. The first-order valence-electron chi connectivity index (χ1n) is 4.24. The van der Waals surface area contributed by atoms with Crippen LogP contribution in [0.4, 0.5) is 0 Å². The van der Waals surface area contributed by atoms with Crippen LogP contribution in [-0.4, -0.2) is 13.2 Å². The number of rotatable bonds is 4. The predicted octanol–water partition coefficient (Wildman–Crippen LogP) is 3.35. The minimum Gasteiger partial charge on any atom is -0.377 e. The van der Waals surface area contributed by atoms with Gasteiger partial charge in [0.05, 0.1) is 6.10 Å². The Morgan fingerprint density at radius 2 is 1.83 bits per heavy atom. The molecule has 1 heteroatoms. The molecule has 70 valence electrons. The summed E-state index contributed by atoms with van der Waals surface area (Å²) in [6.07, 6.45) is 5.50. The van der Waals surface area contributed by atoms with Gasteiger partial charge in [0, 0.05) is 7.11 Å². The van der Waals surface area contributed by atoms with Crippen LogP contribution in [-0.2, 0) is 4.74 Å². The van der Waals surface area contributed by atoms with E-state index in [1.54, 1.807) is 19.3 Å². The molecular formula is C11H20O. The van der Waals surface area contributed by atoms with Gasteiger partial charge in [-0.15, -0.1) is 0 Å². The van der Waals surface area contributed by atoms with E-state index in [0.29, 0.717) is 0 Å². The van der Waals surface area contributed by atoms with E-state index in [0.717, 1.165) is 5.57 Å². The molecule has 0 saturated heterocycles. The van der Waals surface area contributed by atoms with Crippen LogP contribution >= 0.6 is 0 Å². The van der Waals surface area contributed by atoms with Crippen LogP contribution in [0.1, 0.15) is 20.8 Å². The molecule has 0 aromatic heterocycles. The summed E-state index contributed by atoms with van der Waals surface area (Å²) in [7, 11) is 1.67. The average molecular weight is 168 g/mol. The van der Waals surface area contributed by atoms with Crippen LogP contribution in [0, 0.1) is 0 Å². The number of methoxy groups -OCH3 is 1. The Morgan fingerprint density at radius 3 is 2.08 bits per heavy atom. The van der Waals surface area contributed by atoms with E-state index in [1.807, 2.05) is 26.8 Å². The fourth-order valence-corrected chi connectivity index (χ4v) is 0.642. The normalized spacial score (nSPS) is 12.5. The van der Waals surface area contributed by atoms with E-state index >= 15 is 0 Å². The zero-order valence-corrected chi connectivity index (χ0v) is 8.63. The van der Waals surface area contributed by atoms with Gasteiger partial charge in [0.25, 0.3) is 0 Å². The highest BCUT2D eigenvalue weighted by molar-refractivity contribution is 5.24. The van der Waals surface area contributed by atoms with E-state index in [4.69, 9.17) is 4.74 Å². The van der Waals surface area contributed by atoms with Gasteiger partial charge in [0.2, 0.25) is 0 Å². The molecule has 0 N–H and O–H groups in total. The average Bonchev–Trinajstić information content (AvgIpc) is 2.16. The lowest BCUT2D eigenvalue weighted by molar-refractivity contribution is 0.150. The van der Waals surface area contributed by atoms with Gasteiger partial charge in [-0.2, -0.15) is 0 Å². The third-order valence-electron chi connectivity index (χ3n) is 1.37. The lowest BCUT2D eigenvalue weighted by atomic mass is 10.1. The van der Waals surface area contributed by atoms with Gasteiger partial charge >= 0.3 is 0 Å². The molecule has 1 unspecified atom stereocenters. The van der Waals surface area contributed by atoms with E-state index in [9.17, 15) is 0 Å². The van der Waals surface area contributed by atoms with Crippen LogP contribution < -0.4 is 0 Å². The molecule has 0 saturated carbocycles. The van der Waals surface area contributed by atoms with Crippen molar-refractivity contribution >= 4 is 0 Å². The summed E-state index contributed by atoms with van der Waals surface area (Å²) in [5, 5.41) is 0. The SMILES string of the molecule is C=C/C=C(\C=C)C(C)OC.CC. The van der Waals surface area contributed by atoms with Gasteiger partial charge in [-0.25, -0.2) is 0 Å². The first-order chi connectivity index (χ1) is 5.76. The van der Waals surface area contributed by atoms with Crippen molar-refractivity contribution in [3.63, 3.8) is 0 Å². The number of hydrogen-bond donors (Lipinski definition) is 0. The van der Waals surface area contributed by atoms with Gasteiger partial charge in [-0.3, -0.25) is 0 Å². The zero-order chi connectivity index (χ0) is 9.98. The fourth-order valence-electron chi connectivity index (χ4n) is 0.642. The highest BCUT2D eigenvalue weighted by atomic mass is 16.5. The second kappa shape index (κ2) is 10.2. The fraction of sp³-hybridized carbons (Fsp3) is 0.455. The molecule has 0 radical (unpaired) electrons. The molecule has 1 nitrogen and oxygen atoms in total. The Labute approximate surface area is 76.4 Å². The molecule has 0 aliphatic rings. The second-order valence-corrected chi connectivity index (χ2v) is 1.98. The molecule has 0 fully saturated rings. The molecule has 12 heavy (non-hydrogen) atoms. The first kappa shape index (κ1) is 13.7. The van der Waals surface area contributed by atoms with E-state index < -0.39 is 0 Å². The summed E-state index contributed by atoms with van der Waals surface area (Å²) in [6.45, 7) is 13.2. The van der Waals surface area contributed by atoms with Crippen LogP contribution in [0.25, 0.3) is 0 Å². The van der Waals surface area contributed by atoms with E-state index in [2.05, 4.69) is 13.2 Å². The highest BCUT2D eigenvalue weighted by Gasteiger charge is 2.00. The first-order valence-corrected chi connectivity index (χ1v) is 4.24. The van der Waals surface area contributed by atoms with Crippen LogP contribution in [0.5, 0.6) is 0 Å². The van der Waals surface area contributed by atoms with Gasteiger partial charge in [0.15, 0.2) is 0 Å². The maximum absolute atomic E-state index is 5.07. The molecule has 0 spiro atoms. The summed E-state index contributed by atoms with van der Waals surface area (Å²) in [5.41, 5.74) is 1.05. The van der Waals surface area contributed by atoms with Crippen molar-refractivity contribution in [2.45, 2.75) is 26.9 Å². The quantitative estimate of drug-likeness (QED) is 0.585. The van der Waals surface area contributed by atoms with Gasteiger partial charge < -0.3 is 4.74 Å². The highest BCUT2D eigenvalue weighted by Crippen LogP contribution is 2.05. The third kappa shape index (κ3) is 5.93. The van der Waals surface area contributed by atoms with Crippen molar-refractivity contribution in [2.24, 2.45) is 0 Å². The number of ether oxygens (including phenoxy) is 1. The minimum absolute atomic E-state index is 0.107. The maximum Gasteiger partial charge on any atom is 0.0792 e. The Kier molecular flexibility index (Phi) is 11.7. The molecule has 0 aromatic carbocycles. The number of allylic oxidation sites excluding steroid dienone is 2. The Balaban J connectivity index is 0. The smallest absolute Gasteiger partial charge is 0.0792 e. The third-order valence-corrected chi connectivity index (χ3v) is 1.37. The molecule has 0 bridgehead atoms. The lowest BCUT2D eigenvalue weighted by Gasteiger charge is -2.08. The Morgan fingerprint density at radius 1 is 1.33 bits per heavy atom. The zero-order valence-electron chi connectivity index (χ0n) is 8.63. The Bertz CT molecular complexity index is 145. The number of hydrogen-bond acceptors (Lipinski definition) is 1. The van der Waals surface area contributed by atoms with Crippen molar-refractivity contribution in [3.8, 4) is 0 Å². The Hall–Kier alpha value is -0.820. The van der Waals surface area contributed by atoms with E-state index in [-0.39, 0.29) is 6.10 Å². The summed E-state index contributed by atoms with van der Waals surface area (Å²) in [6, 6.07) is 0. The van der Waals surface area contributed by atoms with Gasteiger partial charge in [-0.1, -0.05) is 45.2 Å². The van der Waals surface area contributed by atoms with E-state index in [1.165, 1.54) is 0 Å². The standard InChI is InChI=1S/C9H14O.C2H6/c1-5-7-9(6-2)8(3)10-4;1-2/h5-8H,1-2H2,3-4H3;1-2H3/b9-7+;. The van der Waals surface area contributed by atoms with Crippen molar-refractivity contribution < 1.29 is 4.74 Å². The van der Waals surface area contributed by atoms with Gasteiger partial charge in [-0.05, 0) is 12.5 Å². The van der Waals surface area contributed by atoms with Crippen LogP contribution in [0.3, 0.4) is 0 Å². The monoisotopic (exact) mass is 168 g/mol. The molecular weight excluding hydrogens is 148 g/mol. The molecule has 0 aliphatic carbocycles. The predicted molar refractivity (Wildman–Crippen MR) is 56.3 cm³/mol. The van der Waals surface area contributed by atoms with Crippen molar-refractivity contribution in [3.05, 3.63) is 37.0 Å².